The van der Waals surface area contributed by atoms with Crippen LogP contribution in [0.4, 0.5) is 0 Å². The fourth-order valence-electron chi connectivity index (χ4n) is 7.13. The van der Waals surface area contributed by atoms with Crippen molar-refractivity contribution >= 4 is 28.2 Å². The van der Waals surface area contributed by atoms with Crippen molar-refractivity contribution in [2.24, 2.45) is 0 Å². The Morgan fingerprint density at radius 2 is 1.37 bits per heavy atom. The van der Waals surface area contributed by atoms with E-state index >= 15 is 0 Å². The van der Waals surface area contributed by atoms with Crippen LogP contribution < -0.4 is 10.6 Å². The predicted molar refractivity (Wildman–Crippen MR) is 183 cm³/mol. The predicted octanol–water partition coefficient (Wildman–Crippen LogP) is -9.40. The van der Waals surface area contributed by atoms with Crippen molar-refractivity contribution in [3.8, 4) is 0 Å². The summed E-state index contributed by atoms with van der Waals surface area (Å²) in [6.45, 7) is -0.295. The molecule has 21 atom stereocenters. The van der Waals surface area contributed by atoms with Crippen LogP contribution >= 0.6 is 0 Å². The monoisotopic (exact) mass is 900 g/mol. The lowest BCUT2D eigenvalue weighted by Crippen LogP contribution is -2.71. The lowest BCUT2D eigenvalue weighted by Gasteiger charge is -2.51. The first-order valence-electron chi connectivity index (χ1n) is 18.2. The maximum Gasteiger partial charge on any atom is 0.397 e. The summed E-state index contributed by atoms with van der Waals surface area (Å²) in [7, 11) is -5.29. The van der Waals surface area contributed by atoms with Crippen molar-refractivity contribution in [1.29, 1.82) is 0 Å². The Balaban J connectivity index is 1.77. The van der Waals surface area contributed by atoms with E-state index in [-0.39, 0.29) is 0 Å². The number of hydrogen-bond acceptors (Lipinski definition) is 24. The molecule has 4 aliphatic rings. The van der Waals surface area contributed by atoms with Gasteiger partial charge in [0.2, 0.25) is 11.8 Å². The third kappa shape index (κ3) is 11.4. The second-order valence-corrected chi connectivity index (χ2v) is 15.6. The zero-order valence-electron chi connectivity index (χ0n) is 31.9. The number of ether oxygens (including phenoxy) is 7. The molecule has 4 rings (SSSR count). The first kappa shape index (κ1) is 50.2. The average Bonchev–Trinajstić information content (AvgIpc) is 3.16. The average molecular weight is 901 g/mol. The normalized spacial score (nSPS) is 43.7. The summed E-state index contributed by atoms with van der Waals surface area (Å²) in [5, 5.41) is 132. The first-order chi connectivity index (χ1) is 27.9. The quantitative estimate of drug-likeness (QED) is 0.0640. The number of carboxylic acids is 1. The van der Waals surface area contributed by atoms with Crippen molar-refractivity contribution < 1.29 is 126 Å². The van der Waals surface area contributed by atoms with E-state index in [0.717, 1.165) is 13.8 Å². The van der Waals surface area contributed by atoms with Gasteiger partial charge in [-0.05, 0) is 6.92 Å². The van der Waals surface area contributed by atoms with Crippen LogP contribution in [0.1, 0.15) is 27.2 Å². The molecule has 0 aliphatic carbocycles. The summed E-state index contributed by atoms with van der Waals surface area (Å²) >= 11 is 0. The second kappa shape index (κ2) is 20.4. The number of carbonyl (C=O) groups is 3. The molecular formula is C31H52N2O26S. The summed E-state index contributed by atoms with van der Waals surface area (Å²) in [6, 6.07) is -3.45. The van der Waals surface area contributed by atoms with Crippen LogP contribution in [0.15, 0.2) is 0 Å². The molecule has 4 saturated heterocycles. The Morgan fingerprint density at radius 1 is 0.783 bits per heavy atom. The zero-order chi connectivity index (χ0) is 45.2. The van der Waals surface area contributed by atoms with Gasteiger partial charge in [-0.3, -0.25) is 14.1 Å². The molecule has 0 spiro atoms. The van der Waals surface area contributed by atoms with Crippen molar-refractivity contribution in [3.05, 3.63) is 0 Å². The second-order valence-electron chi connectivity index (χ2n) is 14.6. The molecule has 4 aliphatic heterocycles. The molecule has 4 heterocycles. The maximum absolute atomic E-state index is 12.9. The van der Waals surface area contributed by atoms with Gasteiger partial charge >= 0.3 is 16.4 Å². The Bertz CT molecular complexity index is 1580. The van der Waals surface area contributed by atoms with E-state index in [4.69, 9.17) is 33.2 Å². The largest absolute Gasteiger partial charge is 0.477 e. The smallest absolute Gasteiger partial charge is 0.397 e. The Labute approximate surface area is 340 Å². The summed E-state index contributed by atoms with van der Waals surface area (Å²) in [5.41, 5.74) is 0. The van der Waals surface area contributed by atoms with Gasteiger partial charge in [-0.2, -0.15) is 8.42 Å². The molecule has 0 aromatic rings. The molecule has 2 amide bonds. The Kier molecular flexibility index (Phi) is 17.1. The molecule has 0 aromatic heterocycles. The highest BCUT2D eigenvalue weighted by atomic mass is 32.3. The van der Waals surface area contributed by atoms with Crippen molar-refractivity contribution in [3.63, 3.8) is 0 Å². The van der Waals surface area contributed by atoms with Crippen molar-refractivity contribution in [2.45, 2.75) is 155 Å². The number of aliphatic carboxylic acids is 1. The molecule has 0 radical (unpaired) electrons. The molecular weight excluding hydrogens is 848 g/mol. The molecule has 0 aromatic carbocycles. The molecule has 28 nitrogen and oxygen atoms in total. The van der Waals surface area contributed by atoms with Gasteiger partial charge in [0.05, 0.1) is 38.1 Å². The molecule has 60 heavy (non-hydrogen) atoms. The Morgan fingerprint density at radius 3 is 1.92 bits per heavy atom. The van der Waals surface area contributed by atoms with Crippen LogP contribution in [0.2, 0.25) is 0 Å². The standard InChI is InChI=1S/C31H52N2O26S/c1-8-17(40)20(43)21(44)28(53-8)57-25-16(33-10(3)37)27(46)54-14(7-52-60(49,50)51)23(25)56-29-22(45)26(19(42)13(6-35)55-29)59-31(30(47)48)4-11(38)15(32-9(2)36)24(58-31)18(41)12(39)5-34/h8,11-29,34-35,38-46H,4-7H2,1-3H3,(H,32,36)(H,33,37)(H,47,48)(H,49,50,51)/t8-,11-,12+,13+,14+,15+,16+,17+,18+,19-,20+,21-,22+,23+,24+,25+,26-,27+,28+,29-,31-/m0/s1. The number of amides is 2. The number of carboxylic acid groups (broad SMARTS) is 1. The first-order valence-corrected chi connectivity index (χ1v) is 19.6. The SMILES string of the molecule is CC(=O)N[C@@H]1[C@@H](O[C@H]2O[C@@H](C)[C@@H](O)[C@@H](O)[C@@H]2O)[C@H](O[C@@H]2O[C@H](CO)[C@H](O)[C@H](O[C@]3(C(=O)O)C[C@H](O)[C@@H](NC(C)=O)[C@H]([C@H](O)[C@H](O)CO)O3)[C@H]2O)[C@@H](COS(=O)(=O)O)O[C@H]1O. The van der Waals surface area contributed by atoms with E-state index in [1.165, 1.54) is 6.92 Å². The van der Waals surface area contributed by atoms with Gasteiger partial charge in [0, 0.05) is 20.3 Å². The van der Waals surface area contributed by atoms with Gasteiger partial charge in [-0.25, -0.2) is 8.98 Å². The maximum atomic E-state index is 12.9. The lowest BCUT2D eigenvalue weighted by atomic mass is 9.88. The van der Waals surface area contributed by atoms with E-state index in [1.807, 2.05) is 0 Å². The van der Waals surface area contributed by atoms with Crippen LogP contribution in [0, 0.1) is 0 Å². The number of nitrogens with one attached hydrogen (secondary N) is 2. The van der Waals surface area contributed by atoms with Crippen LogP contribution in [0.3, 0.4) is 0 Å². The van der Waals surface area contributed by atoms with Crippen molar-refractivity contribution in [2.75, 3.05) is 19.8 Å². The van der Waals surface area contributed by atoms with Gasteiger partial charge in [-0.15, -0.1) is 0 Å². The minimum absolute atomic E-state index is 0.821. The molecule has 4 fully saturated rings. The van der Waals surface area contributed by atoms with Crippen LogP contribution in [-0.2, 0) is 62.1 Å². The topological polar surface area (TPSA) is 446 Å². The van der Waals surface area contributed by atoms with E-state index in [9.17, 15) is 88.6 Å². The van der Waals surface area contributed by atoms with Crippen LogP contribution in [-0.4, -0.2) is 240 Å². The number of aliphatic hydroxyl groups excluding tert-OH is 11. The third-order valence-corrected chi connectivity index (χ3v) is 10.6. The van der Waals surface area contributed by atoms with Gasteiger partial charge in [0.25, 0.3) is 5.79 Å². The lowest BCUT2D eigenvalue weighted by molar-refractivity contribution is -0.389. The third-order valence-electron chi connectivity index (χ3n) is 10.1. The zero-order valence-corrected chi connectivity index (χ0v) is 32.7. The van der Waals surface area contributed by atoms with E-state index in [2.05, 4.69) is 14.8 Å². The van der Waals surface area contributed by atoms with Gasteiger partial charge in [0.1, 0.15) is 85.4 Å². The van der Waals surface area contributed by atoms with E-state index < -0.39 is 183 Å². The molecule has 29 heteroatoms. The molecule has 15 N–H and O–H groups in total. The minimum Gasteiger partial charge on any atom is -0.477 e. The minimum atomic E-state index is -5.29. The van der Waals surface area contributed by atoms with E-state index in [1.54, 1.807) is 0 Å². The van der Waals surface area contributed by atoms with Gasteiger partial charge in [-0.1, -0.05) is 0 Å². The highest BCUT2D eigenvalue weighted by molar-refractivity contribution is 7.80. The molecule has 0 bridgehead atoms. The molecule has 0 unspecified atom stereocenters. The highest BCUT2D eigenvalue weighted by Gasteiger charge is 2.61. The fraction of sp³-hybridized carbons (Fsp3) is 0.903. The van der Waals surface area contributed by atoms with Crippen molar-refractivity contribution in [1.82, 2.24) is 10.6 Å². The molecule has 348 valence electrons. The van der Waals surface area contributed by atoms with E-state index in [0.29, 0.717) is 0 Å². The van der Waals surface area contributed by atoms with Crippen LogP contribution in [0.25, 0.3) is 0 Å². The summed E-state index contributed by atoms with van der Waals surface area (Å²) in [6.07, 6.45) is -37.6. The van der Waals surface area contributed by atoms with Crippen LogP contribution in [0.5, 0.6) is 0 Å². The Hall–Kier alpha value is -2.44. The fourth-order valence-corrected chi connectivity index (χ4v) is 7.44. The molecule has 0 saturated carbocycles. The number of rotatable bonds is 16. The highest BCUT2D eigenvalue weighted by Crippen LogP contribution is 2.39. The summed E-state index contributed by atoms with van der Waals surface area (Å²) in [4.78, 5) is 37.2. The number of hydrogen-bond donors (Lipinski definition) is 15. The number of carbonyl (C=O) groups excluding carboxylic acids is 2. The van der Waals surface area contributed by atoms with Gasteiger partial charge < -0.3 is 105 Å². The summed E-state index contributed by atoms with van der Waals surface area (Å²) in [5.74, 6) is -6.98. The number of aliphatic hydroxyl groups is 11. The summed E-state index contributed by atoms with van der Waals surface area (Å²) < 4.78 is 76.5. The van der Waals surface area contributed by atoms with Gasteiger partial charge in [0.15, 0.2) is 18.9 Å².